The van der Waals surface area contributed by atoms with E-state index in [1.165, 1.54) is 0 Å². The zero-order valence-electron chi connectivity index (χ0n) is 18.5. The minimum absolute atomic E-state index is 0.169. The number of nitrogens with one attached hydrogen (secondary N) is 3. The van der Waals surface area contributed by atoms with Gasteiger partial charge in [-0.2, -0.15) is 5.10 Å². The molecular formula is C26H26N6. The van der Waals surface area contributed by atoms with Crippen LogP contribution >= 0.6 is 0 Å². The van der Waals surface area contributed by atoms with Gasteiger partial charge >= 0.3 is 0 Å². The lowest BCUT2D eigenvalue weighted by Crippen LogP contribution is -2.10. The quantitative estimate of drug-likeness (QED) is 0.301. The predicted octanol–water partition coefficient (Wildman–Crippen LogP) is 6.53. The van der Waals surface area contributed by atoms with Crippen LogP contribution in [0.3, 0.4) is 0 Å². The van der Waals surface area contributed by atoms with Crippen LogP contribution in [0, 0.1) is 5.41 Å². The van der Waals surface area contributed by atoms with Gasteiger partial charge in [0, 0.05) is 33.7 Å². The number of rotatable bonds is 5. The molecule has 6 nitrogen and oxygen atoms in total. The number of allylic oxidation sites excluding steroid dienone is 1. The molecule has 0 fully saturated rings. The molecule has 1 aromatic carbocycles. The average Bonchev–Trinajstić information content (AvgIpc) is 3.35. The number of nitrogens with zero attached hydrogens (tertiary/aromatic N) is 3. The normalized spacial score (nSPS) is 11.8. The van der Waals surface area contributed by atoms with Gasteiger partial charge in [-0.05, 0) is 36.1 Å². The smallest absolute Gasteiger partial charge is 0.116 e. The van der Waals surface area contributed by atoms with Crippen LogP contribution in [-0.4, -0.2) is 25.1 Å². The van der Waals surface area contributed by atoms with Gasteiger partial charge in [0.1, 0.15) is 5.69 Å². The van der Waals surface area contributed by atoms with Crippen LogP contribution in [0.2, 0.25) is 0 Å². The standard InChI is InChI=1S/C26H26N6/c1-16(12-26(2,3)4)29-19-9-18(13-27-14-19)22-11-20-24(15-28-22)31-32-25(20)23-10-17-7-5-6-8-21(17)30-23/h5-11,13-15,29-30H,1,12H2,2-4H3,(H,31,32). The van der Waals surface area contributed by atoms with Crippen molar-refractivity contribution in [2.45, 2.75) is 27.2 Å². The van der Waals surface area contributed by atoms with Crippen LogP contribution in [-0.2, 0) is 0 Å². The molecule has 0 saturated carbocycles. The van der Waals surface area contributed by atoms with Crippen LogP contribution in [0.15, 0.2) is 73.3 Å². The number of fused-ring (bicyclic) bond motifs is 2. The van der Waals surface area contributed by atoms with Crippen molar-refractivity contribution < 1.29 is 0 Å². The maximum Gasteiger partial charge on any atom is 0.116 e. The Kier molecular flexibility index (Phi) is 4.78. The third kappa shape index (κ3) is 3.99. The van der Waals surface area contributed by atoms with Gasteiger partial charge in [-0.3, -0.25) is 15.1 Å². The van der Waals surface area contributed by atoms with Crippen molar-refractivity contribution in [2.75, 3.05) is 5.32 Å². The number of aromatic amines is 2. The van der Waals surface area contributed by atoms with E-state index in [-0.39, 0.29) is 5.41 Å². The van der Waals surface area contributed by atoms with Gasteiger partial charge in [0.05, 0.1) is 35.0 Å². The topological polar surface area (TPSA) is 82.3 Å². The molecule has 0 unspecified atom stereocenters. The van der Waals surface area contributed by atoms with Crippen molar-refractivity contribution in [1.29, 1.82) is 0 Å². The Morgan fingerprint density at radius 2 is 1.88 bits per heavy atom. The lowest BCUT2D eigenvalue weighted by atomic mass is 9.91. The fourth-order valence-corrected chi connectivity index (χ4v) is 4.02. The highest BCUT2D eigenvalue weighted by atomic mass is 15.1. The van der Waals surface area contributed by atoms with E-state index in [1.807, 2.05) is 30.7 Å². The highest BCUT2D eigenvalue weighted by Gasteiger charge is 2.14. The van der Waals surface area contributed by atoms with Crippen molar-refractivity contribution in [3.63, 3.8) is 0 Å². The number of H-pyrrole nitrogens is 2. The first-order chi connectivity index (χ1) is 15.4. The van der Waals surface area contributed by atoms with Gasteiger partial charge in [-0.15, -0.1) is 0 Å². The molecule has 0 aliphatic rings. The molecule has 4 heterocycles. The summed E-state index contributed by atoms with van der Waals surface area (Å²) in [5.41, 5.74) is 7.65. The van der Waals surface area contributed by atoms with Crippen molar-refractivity contribution in [1.82, 2.24) is 25.1 Å². The first-order valence-electron chi connectivity index (χ1n) is 10.7. The number of benzene rings is 1. The summed E-state index contributed by atoms with van der Waals surface area (Å²) in [7, 11) is 0. The Bertz CT molecular complexity index is 1400. The molecule has 0 aliphatic carbocycles. The molecule has 0 aliphatic heterocycles. The third-order valence-electron chi connectivity index (χ3n) is 5.33. The van der Waals surface area contributed by atoms with E-state index >= 15 is 0 Å². The number of pyridine rings is 2. The predicted molar refractivity (Wildman–Crippen MR) is 131 cm³/mol. The molecule has 6 heteroatoms. The summed E-state index contributed by atoms with van der Waals surface area (Å²) >= 11 is 0. The lowest BCUT2D eigenvalue weighted by Gasteiger charge is -2.20. The monoisotopic (exact) mass is 422 g/mol. The second-order valence-corrected chi connectivity index (χ2v) is 9.39. The number of anilines is 1. The molecule has 0 spiro atoms. The van der Waals surface area contributed by atoms with Gasteiger partial charge in [-0.1, -0.05) is 45.5 Å². The number of aromatic nitrogens is 5. The molecule has 0 atom stereocenters. The van der Waals surface area contributed by atoms with E-state index in [2.05, 4.69) is 88.1 Å². The SMILES string of the molecule is C=C(CC(C)(C)C)Nc1cncc(-c2cc3c(-c4cc5ccccc5[nH]4)n[nH]c3cn2)c1. The molecule has 0 amide bonds. The molecule has 0 saturated heterocycles. The largest absolute Gasteiger partial charge is 0.358 e. The van der Waals surface area contributed by atoms with Crippen LogP contribution in [0.25, 0.3) is 44.5 Å². The van der Waals surface area contributed by atoms with Crippen molar-refractivity contribution >= 4 is 27.5 Å². The number of para-hydroxylation sites is 1. The second-order valence-electron chi connectivity index (χ2n) is 9.39. The summed E-state index contributed by atoms with van der Waals surface area (Å²) in [5, 5.41) is 13.2. The molecule has 5 aromatic rings. The lowest BCUT2D eigenvalue weighted by molar-refractivity contribution is 0.411. The highest BCUT2D eigenvalue weighted by molar-refractivity contribution is 5.96. The fourth-order valence-electron chi connectivity index (χ4n) is 4.02. The number of hydrogen-bond donors (Lipinski definition) is 3. The summed E-state index contributed by atoms with van der Waals surface area (Å²) < 4.78 is 0. The number of hydrogen-bond acceptors (Lipinski definition) is 4. The van der Waals surface area contributed by atoms with E-state index in [9.17, 15) is 0 Å². The Morgan fingerprint density at radius 1 is 1.03 bits per heavy atom. The summed E-state index contributed by atoms with van der Waals surface area (Å²) in [6.07, 6.45) is 6.34. The molecule has 5 rings (SSSR count). The van der Waals surface area contributed by atoms with Gasteiger partial charge < -0.3 is 10.3 Å². The Morgan fingerprint density at radius 3 is 2.69 bits per heavy atom. The molecule has 0 radical (unpaired) electrons. The van der Waals surface area contributed by atoms with Crippen molar-refractivity contribution in [3.8, 4) is 22.6 Å². The summed E-state index contributed by atoms with van der Waals surface area (Å²) in [4.78, 5) is 12.5. The molecule has 160 valence electrons. The maximum absolute atomic E-state index is 4.63. The summed E-state index contributed by atoms with van der Waals surface area (Å²) in [6.45, 7) is 10.8. The second kappa shape index (κ2) is 7.64. The molecule has 0 bridgehead atoms. The van der Waals surface area contributed by atoms with Crippen molar-refractivity contribution in [2.24, 2.45) is 5.41 Å². The summed E-state index contributed by atoms with van der Waals surface area (Å²) in [6, 6.07) is 14.5. The first-order valence-corrected chi connectivity index (χ1v) is 10.7. The fraction of sp³-hybridized carbons (Fsp3) is 0.192. The van der Waals surface area contributed by atoms with E-state index < -0.39 is 0 Å². The minimum Gasteiger partial charge on any atom is -0.358 e. The van der Waals surface area contributed by atoms with E-state index in [4.69, 9.17) is 0 Å². The summed E-state index contributed by atoms with van der Waals surface area (Å²) in [5.74, 6) is 0. The maximum atomic E-state index is 4.63. The van der Waals surface area contributed by atoms with Crippen LogP contribution in [0.1, 0.15) is 27.2 Å². The van der Waals surface area contributed by atoms with Crippen LogP contribution in [0.5, 0.6) is 0 Å². The zero-order valence-corrected chi connectivity index (χ0v) is 18.5. The van der Waals surface area contributed by atoms with Crippen LogP contribution in [0.4, 0.5) is 5.69 Å². The Labute approximate surface area is 186 Å². The average molecular weight is 423 g/mol. The van der Waals surface area contributed by atoms with Crippen molar-refractivity contribution in [3.05, 3.63) is 73.3 Å². The molecule has 32 heavy (non-hydrogen) atoms. The zero-order chi connectivity index (χ0) is 22.3. The minimum atomic E-state index is 0.169. The first kappa shape index (κ1) is 20.0. The van der Waals surface area contributed by atoms with Gasteiger partial charge in [0.15, 0.2) is 0 Å². The molecular weight excluding hydrogens is 396 g/mol. The van der Waals surface area contributed by atoms with E-state index in [1.54, 1.807) is 0 Å². The molecule has 4 aromatic heterocycles. The van der Waals surface area contributed by atoms with Gasteiger partial charge in [-0.25, -0.2) is 0 Å². The third-order valence-corrected chi connectivity index (χ3v) is 5.33. The molecule has 3 N–H and O–H groups in total. The Hall–Kier alpha value is -3.93. The highest BCUT2D eigenvalue weighted by Crippen LogP contribution is 2.31. The van der Waals surface area contributed by atoms with E-state index in [0.29, 0.717) is 0 Å². The van der Waals surface area contributed by atoms with Crippen LogP contribution < -0.4 is 5.32 Å². The van der Waals surface area contributed by atoms with E-state index in [0.717, 1.165) is 62.3 Å². The van der Waals surface area contributed by atoms with Gasteiger partial charge in [0.2, 0.25) is 0 Å². The Balaban J connectivity index is 1.49. The van der Waals surface area contributed by atoms with Gasteiger partial charge in [0.25, 0.3) is 0 Å².